The standard InChI is InChI=1S/C7H9NS2/c1-5-2-3-7(10-9)6(8)4-5/h2-4,9H,8H2,1H3. The minimum absolute atomic E-state index is 0.806. The molecule has 10 heavy (non-hydrogen) atoms. The molecule has 0 atom stereocenters. The summed E-state index contributed by atoms with van der Waals surface area (Å²) in [6, 6.07) is 5.94. The third kappa shape index (κ3) is 1.61. The lowest BCUT2D eigenvalue weighted by molar-refractivity contribution is 1.39. The molecule has 0 saturated heterocycles. The van der Waals surface area contributed by atoms with E-state index in [1.54, 1.807) is 0 Å². The highest BCUT2D eigenvalue weighted by Gasteiger charge is 1.95. The highest BCUT2D eigenvalue weighted by atomic mass is 33.1. The Morgan fingerprint density at radius 1 is 1.50 bits per heavy atom. The maximum absolute atomic E-state index is 5.66. The second kappa shape index (κ2) is 3.21. The van der Waals surface area contributed by atoms with Crippen molar-refractivity contribution < 1.29 is 0 Å². The van der Waals surface area contributed by atoms with Crippen LogP contribution in [0.1, 0.15) is 5.56 Å². The zero-order chi connectivity index (χ0) is 7.56. The molecule has 0 aromatic heterocycles. The van der Waals surface area contributed by atoms with Gasteiger partial charge in [-0.2, -0.15) is 0 Å². The maximum Gasteiger partial charge on any atom is 0.0463 e. The van der Waals surface area contributed by atoms with Crippen molar-refractivity contribution in [2.45, 2.75) is 11.8 Å². The van der Waals surface area contributed by atoms with Gasteiger partial charge in [0.2, 0.25) is 0 Å². The first kappa shape index (κ1) is 7.82. The summed E-state index contributed by atoms with van der Waals surface area (Å²) in [6.45, 7) is 2.02. The molecule has 0 heterocycles. The van der Waals surface area contributed by atoms with Crippen molar-refractivity contribution >= 4 is 28.1 Å². The summed E-state index contributed by atoms with van der Waals surface area (Å²) in [6.07, 6.45) is 0. The van der Waals surface area contributed by atoms with Gasteiger partial charge in [-0.25, -0.2) is 0 Å². The Labute approximate surface area is 69.8 Å². The summed E-state index contributed by atoms with van der Waals surface area (Å²) in [5.74, 6) is 0. The molecule has 0 aliphatic rings. The fourth-order valence-electron chi connectivity index (χ4n) is 0.751. The molecule has 1 rings (SSSR count). The summed E-state index contributed by atoms with van der Waals surface area (Å²) in [4.78, 5) is 1.02. The van der Waals surface area contributed by atoms with Crippen molar-refractivity contribution in [3.8, 4) is 0 Å². The fourth-order valence-corrected chi connectivity index (χ4v) is 1.54. The second-order valence-corrected chi connectivity index (χ2v) is 3.30. The first-order valence-corrected chi connectivity index (χ1v) is 4.78. The third-order valence-electron chi connectivity index (χ3n) is 1.26. The first-order chi connectivity index (χ1) is 4.74. The minimum Gasteiger partial charge on any atom is -0.398 e. The Kier molecular flexibility index (Phi) is 2.51. The van der Waals surface area contributed by atoms with Crippen LogP contribution in [0.2, 0.25) is 0 Å². The van der Waals surface area contributed by atoms with Crippen LogP contribution in [-0.4, -0.2) is 0 Å². The predicted octanol–water partition coefficient (Wildman–Crippen LogP) is 2.51. The summed E-state index contributed by atoms with van der Waals surface area (Å²) in [5.41, 5.74) is 7.65. The summed E-state index contributed by atoms with van der Waals surface area (Å²) < 4.78 is 0. The number of hydrogen-bond donors (Lipinski definition) is 2. The van der Waals surface area contributed by atoms with E-state index in [2.05, 4.69) is 11.7 Å². The molecule has 0 saturated carbocycles. The Balaban J connectivity index is 3.07. The number of nitrogens with two attached hydrogens (primary N) is 1. The number of benzene rings is 1. The summed E-state index contributed by atoms with van der Waals surface area (Å²) in [7, 11) is 1.37. The van der Waals surface area contributed by atoms with E-state index in [0.29, 0.717) is 0 Å². The molecule has 0 amide bonds. The van der Waals surface area contributed by atoms with Crippen molar-refractivity contribution in [3.63, 3.8) is 0 Å². The van der Waals surface area contributed by atoms with Gasteiger partial charge in [-0.3, -0.25) is 0 Å². The van der Waals surface area contributed by atoms with Crippen LogP contribution >= 0.6 is 22.5 Å². The van der Waals surface area contributed by atoms with Gasteiger partial charge in [0.25, 0.3) is 0 Å². The first-order valence-electron chi connectivity index (χ1n) is 2.91. The van der Waals surface area contributed by atoms with E-state index in [1.165, 1.54) is 16.4 Å². The summed E-state index contributed by atoms with van der Waals surface area (Å²) in [5, 5.41) is 0. The maximum atomic E-state index is 5.66. The number of nitrogen functional groups attached to an aromatic ring is 1. The molecule has 3 heteroatoms. The van der Waals surface area contributed by atoms with Gasteiger partial charge in [-0.1, -0.05) is 16.9 Å². The van der Waals surface area contributed by atoms with Crippen molar-refractivity contribution in [2.75, 3.05) is 5.73 Å². The average Bonchev–Trinajstić information content (AvgIpc) is 1.88. The van der Waals surface area contributed by atoms with Crippen LogP contribution in [0.25, 0.3) is 0 Å². The van der Waals surface area contributed by atoms with Crippen LogP contribution in [0.5, 0.6) is 0 Å². The quantitative estimate of drug-likeness (QED) is 0.386. The highest BCUT2D eigenvalue weighted by Crippen LogP contribution is 2.27. The van der Waals surface area contributed by atoms with Gasteiger partial charge < -0.3 is 5.73 Å². The van der Waals surface area contributed by atoms with Crippen LogP contribution in [0, 0.1) is 6.92 Å². The largest absolute Gasteiger partial charge is 0.398 e. The van der Waals surface area contributed by atoms with Crippen LogP contribution in [-0.2, 0) is 0 Å². The topological polar surface area (TPSA) is 26.0 Å². The molecular weight excluding hydrogens is 162 g/mol. The van der Waals surface area contributed by atoms with Crippen LogP contribution in [0.3, 0.4) is 0 Å². The molecule has 0 bridgehead atoms. The van der Waals surface area contributed by atoms with Gasteiger partial charge in [0.05, 0.1) is 0 Å². The number of anilines is 1. The molecule has 0 aliphatic heterocycles. The normalized spacial score (nSPS) is 9.80. The molecule has 0 radical (unpaired) electrons. The summed E-state index contributed by atoms with van der Waals surface area (Å²) >= 11 is 4.05. The van der Waals surface area contributed by atoms with Gasteiger partial charge in [0.1, 0.15) is 0 Å². The second-order valence-electron chi connectivity index (χ2n) is 2.13. The monoisotopic (exact) mass is 171 g/mol. The Hall–Kier alpha value is -0.280. The molecular formula is C7H9NS2. The molecule has 2 N–H and O–H groups in total. The van der Waals surface area contributed by atoms with Crippen molar-refractivity contribution in [3.05, 3.63) is 23.8 Å². The van der Waals surface area contributed by atoms with Crippen LogP contribution in [0.15, 0.2) is 23.1 Å². The number of thiol groups is 1. The Morgan fingerprint density at radius 3 is 2.70 bits per heavy atom. The molecule has 0 spiro atoms. The number of aryl methyl sites for hydroxylation is 1. The lowest BCUT2D eigenvalue weighted by Gasteiger charge is -2.00. The van der Waals surface area contributed by atoms with Gasteiger partial charge in [-0.05, 0) is 24.6 Å². The highest BCUT2D eigenvalue weighted by molar-refractivity contribution is 8.68. The van der Waals surface area contributed by atoms with Crippen molar-refractivity contribution in [1.82, 2.24) is 0 Å². The zero-order valence-electron chi connectivity index (χ0n) is 5.66. The molecule has 0 fully saturated rings. The zero-order valence-corrected chi connectivity index (χ0v) is 7.38. The lowest BCUT2D eigenvalue weighted by atomic mass is 10.2. The molecule has 1 nitrogen and oxygen atoms in total. The SMILES string of the molecule is Cc1ccc(SS)c(N)c1. The molecule has 0 aliphatic carbocycles. The van der Waals surface area contributed by atoms with Gasteiger partial charge in [-0.15, -0.1) is 11.7 Å². The van der Waals surface area contributed by atoms with E-state index in [-0.39, 0.29) is 0 Å². The van der Waals surface area contributed by atoms with Gasteiger partial charge in [0.15, 0.2) is 0 Å². The van der Waals surface area contributed by atoms with Crippen molar-refractivity contribution in [1.29, 1.82) is 0 Å². The number of hydrogen-bond acceptors (Lipinski definition) is 3. The fraction of sp³-hybridized carbons (Fsp3) is 0.143. The lowest BCUT2D eigenvalue weighted by Crippen LogP contribution is -1.87. The molecule has 54 valence electrons. The van der Waals surface area contributed by atoms with Gasteiger partial charge in [0, 0.05) is 10.6 Å². The molecule has 1 aromatic carbocycles. The van der Waals surface area contributed by atoms with E-state index < -0.39 is 0 Å². The van der Waals surface area contributed by atoms with E-state index >= 15 is 0 Å². The molecule has 0 unspecified atom stereocenters. The van der Waals surface area contributed by atoms with Crippen LogP contribution in [0.4, 0.5) is 5.69 Å². The Morgan fingerprint density at radius 2 is 2.20 bits per heavy atom. The van der Waals surface area contributed by atoms with E-state index in [0.717, 1.165) is 10.6 Å². The average molecular weight is 171 g/mol. The third-order valence-corrected chi connectivity index (χ3v) is 2.42. The predicted molar refractivity (Wildman–Crippen MR) is 50.4 cm³/mol. The smallest absolute Gasteiger partial charge is 0.0463 e. The molecule has 1 aromatic rings. The van der Waals surface area contributed by atoms with E-state index in [9.17, 15) is 0 Å². The van der Waals surface area contributed by atoms with Crippen molar-refractivity contribution in [2.24, 2.45) is 0 Å². The van der Waals surface area contributed by atoms with Gasteiger partial charge >= 0.3 is 0 Å². The van der Waals surface area contributed by atoms with E-state index in [4.69, 9.17) is 5.73 Å². The van der Waals surface area contributed by atoms with E-state index in [1.807, 2.05) is 25.1 Å². The number of rotatable bonds is 1. The minimum atomic E-state index is 0.806. The van der Waals surface area contributed by atoms with Crippen LogP contribution < -0.4 is 5.73 Å². The Bertz CT molecular complexity index is 235.